The smallest absolute Gasteiger partial charge is 0.222 e. The van der Waals surface area contributed by atoms with Crippen LogP contribution in [0.2, 0.25) is 5.02 Å². The fourth-order valence-corrected chi connectivity index (χ4v) is 3.45. The first-order valence-electron chi connectivity index (χ1n) is 8.24. The van der Waals surface area contributed by atoms with Crippen LogP contribution in [0.25, 0.3) is 0 Å². The van der Waals surface area contributed by atoms with Crippen molar-refractivity contribution in [1.82, 2.24) is 10.2 Å². The van der Waals surface area contributed by atoms with Crippen LogP contribution in [0.15, 0.2) is 24.3 Å². The second-order valence-electron chi connectivity index (χ2n) is 6.18. The molecule has 1 aromatic rings. The Hall–Kier alpha value is -0.680. The van der Waals surface area contributed by atoms with Gasteiger partial charge in [0.2, 0.25) is 5.91 Å². The van der Waals surface area contributed by atoms with Crippen molar-refractivity contribution in [2.75, 3.05) is 37.6 Å². The Labute approximate surface area is 161 Å². The van der Waals surface area contributed by atoms with E-state index < -0.39 is 0 Å². The molecule has 2 heterocycles. The molecule has 3 rings (SSSR count). The Morgan fingerprint density at radius 2 is 1.79 bits per heavy atom. The summed E-state index contributed by atoms with van der Waals surface area (Å²) < 4.78 is 0. The van der Waals surface area contributed by atoms with E-state index in [0.29, 0.717) is 18.4 Å². The zero-order chi connectivity index (χ0) is 15.4. The summed E-state index contributed by atoms with van der Waals surface area (Å²) in [5.41, 5.74) is 1.19. The van der Waals surface area contributed by atoms with Crippen LogP contribution in [-0.2, 0) is 4.79 Å². The lowest BCUT2D eigenvalue weighted by molar-refractivity contribution is -0.131. The largest absolute Gasteiger partial charge is 0.368 e. The third kappa shape index (κ3) is 5.69. The Bertz CT molecular complexity index is 498. The number of hydrogen-bond donors (Lipinski definition) is 1. The van der Waals surface area contributed by atoms with Crippen molar-refractivity contribution in [2.45, 2.75) is 31.7 Å². The lowest BCUT2D eigenvalue weighted by Gasteiger charge is -2.36. The summed E-state index contributed by atoms with van der Waals surface area (Å²) in [5, 5.41) is 4.22. The van der Waals surface area contributed by atoms with Gasteiger partial charge in [-0.15, -0.1) is 24.8 Å². The van der Waals surface area contributed by atoms with E-state index in [2.05, 4.69) is 10.2 Å². The minimum atomic E-state index is 0. The Kier molecular flexibility index (Phi) is 9.21. The molecular formula is C17H26Cl3N3O. The van der Waals surface area contributed by atoms with E-state index in [1.165, 1.54) is 18.5 Å². The number of hydrogen-bond acceptors (Lipinski definition) is 3. The van der Waals surface area contributed by atoms with Crippen molar-refractivity contribution >= 4 is 48.0 Å². The van der Waals surface area contributed by atoms with Crippen LogP contribution >= 0.6 is 36.4 Å². The topological polar surface area (TPSA) is 35.6 Å². The molecule has 1 atom stereocenters. The van der Waals surface area contributed by atoms with Crippen molar-refractivity contribution < 1.29 is 4.79 Å². The molecule has 0 aromatic heterocycles. The Balaban J connectivity index is 0.00000144. The number of anilines is 1. The molecular weight excluding hydrogens is 369 g/mol. The molecule has 1 aromatic carbocycles. The molecule has 24 heavy (non-hydrogen) atoms. The van der Waals surface area contributed by atoms with E-state index in [-0.39, 0.29) is 24.8 Å². The number of nitrogens with one attached hydrogen (secondary N) is 1. The predicted molar refractivity (Wildman–Crippen MR) is 105 cm³/mol. The number of amides is 1. The third-order valence-corrected chi connectivity index (χ3v) is 4.95. The summed E-state index contributed by atoms with van der Waals surface area (Å²) in [4.78, 5) is 16.6. The Morgan fingerprint density at radius 1 is 1.12 bits per heavy atom. The van der Waals surface area contributed by atoms with Crippen LogP contribution < -0.4 is 10.2 Å². The molecule has 0 spiro atoms. The fourth-order valence-electron chi connectivity index (χ4n) is 3.32. The van der Waals surface area contributed by atoms with Crippen LogP contribution in [0.4, 0.5) is 5.69 Å². The van der Waals surface area contributed by atoms with Gasteiger partial charge in [0.25, 0.3) is 0 Å². The van der Waals surface area contributed by atoms with E-state index in [9.17, 15) is 4.79 Å². The normalized spacial score (nSPS) is 20.3. The lowest BCUT2D eigenvalue weighted by Crippen LogP contribution is -2.49. The highest BCUT2D eigenvalue weighted by molar-refractivity contribution is 6.30. The third-order valence-electron chi connectivity index (χ3n) is 4.69. The molecule has 2 aliphatic rings. The van der Waals surface area contributed by atoms with Gasteiger partial charge in [0.15, 0.2) is 0 Å². The molecule has 4 nitrogen and oxygen atoms in total. The van der Waals surface area contributed by atoms with Gasteiger partial charge in [-0.1, -0.05) is 11.6 Å². The zero-order valence-electron chi connectivity index (χ0n) is 13.7. The molecule has 0 radical (unpaired) electrons. The number of carbonyl (C=O) groups is 1. The second-order valence-corrected chi connectivity index (χ2v) is 6.61. The zero-order valence-corrected chi connectivity index (χ0v) is 16.1. The molecule has 2 fully saturated rings. The van der Waals surface area contributed by atoms with Gasteiger partial charge in [-0.05, 0) is 50.1 Å². The standard InChI is InChI=1S/C17H24ClN3O.2ClH/c18-14-3-6-16(7-4-14)20-10-12-21(13-11-20)17(22)8-5-15-2-1-9-19-15;;/h3-4,6-7,15,19H,1-2,5,8-13H2;2*1H. The second kappa shape index (κ2) is 10.3. The highest BCUT2D eigenvalue weighted by Gasteiger charge is 2.22. The molecule has 1 unspecified atom stereocenters. The predicted octanol–water partition coefficient (Wildman–Crippen LogP) is 3.36. The molecule has 0 bridgehead atoms. The number of carbonyl (C=O) groups excluding carboxylic acids is 1. The van der Waals surface area contributed by atoms with Gasteiger partial charge >= 0.3 is 0 Å². The van der Waals surface area contributed by atoms with Crippen molar-refractivity contribution in [3.8, 4) is 0 Å². The molecule has 7 heteroatoms. The lowest BCUT2D eigenvalue weighted by atomic mass is 10.1. The summed E-state index contributed by atoms with van der Waals surface area (Å²) in [6.45, 7) is 4.54. The monoisotopic (exact) mass is 393 g/mol. The van der Waals surface area contributed by atoms with Gasteiger partial charge in [0.05, 0.1) is 0 Å². The summed E-state index contributed by atoms with van der Waals surface area (Å²) in [6.07, 6.45) is 4.13. The van der Waals surface area contributed by atoms with Crippen LogP contribution in [0.1, 0.15) is 25.7 Å². The highest BCUT2D eigenvalue weighted by atomic mass is 35.5. The highest BCUT2D eigenvalue weighted by Crippen LogP contribution is 2.20. The molecule has 0 aliphatic carbocycles. The van der Waals surface area contributed by atoms with Crippen molar-refractivity contribution in [2.24, 2.45) is 0 Å². The van der Waals surface area contributed by atoms with Crippen molar-refractivity contribution in [3.05, 3.63) is 29.3 Å². The minimum absolute atomic E-state index is 0. The SMILES string of the molecule is Cl.Cl.O=C(CCC1CCCN1)N1CCN(c2ccc(Cl)cc2)CC1. The number of rotatable bonds is 4. The molecule has 1 N–H and O–H groups in total. The summed E-state index contributed by atoms with van der Waals surface area (Å²) in [7, 11) is 0. The quantitative estimate of drug-likeness (QED) is 0.850. The first kappa shape index (κ1) is 21.4. The van der Waals surface area contributed by atoms with Crippen molar-refractivity contribution in [1.29, 1.82) is 0 Å². The number of benzene rings is 1. The minimum Gasteiger partial charge on any atom is -0.368 e. The van der Waals surface area contributed by atoms with Crippen LogP contribution in [-0.4, -0.2) is 49.6 Å². The molecule has 136 valence electrons. The average molecular weight is 395 g/mol. The first-order chi connectivity index (χ1) is 10.7. The summed E-state index contributed by atoms with van der Waals surface area (Å²) in [6, 6.07) is 8.49. The Morgan fingerprint density at radius 3 is 2.38 bits per heavy atom. The maximum absolute atomic E-state index is 12.3. The summed E-state index contributed by atoms with van der Waals surface area (Å²) >= 11 is 5.93. The van der Waals surface area contributed by atoms with Gasteiger partial charge in [-0.3, -0.25) is 4.79 Å². The first-order valence-corrected chi connectivity index (χ1v) is 8.62. The fraction of sp³-hybridized carbons (Fsp3) is 0.588. The molecule has 2 saturated heterocycles. The van der Waals surface area contributed by atoms with Gasteiger partial charge in [0, 0.05) is 49.4 Å². The van der Waals surface area contributed by atoms with Gasteiger partial charge < -0.3 is 15.1 Å². The average Bonchev–Trinajstić information content (AvgIpc) is 3.07. The van der Waals surface area contributed by atoms with E-state index >= 15 is 0 Å². The number of halogens is 3. The van der Waals surface area contributed by atoms with Gasteiger partial charge in [-0.2, -0.15) is 0 Å². The van der Waals surface area contributed by atoms with Crippen LogP contribution in [0.3, 0.4) is 0 Å². The number of nitrogens with zero attached hydrogens (tertiary/aromatic N) is 2. The van der Waals surface area contributed by atoms with E-state index in [4.69, 9.17) is 11.6 Å². The van der Waals surface area contributed by atoms with Crippen LogP contribution in [0, 0.1) is 0 Å². The van der Waals surface area contributed by atoms with Crippen LogP contribution in [0.5, 0.6) is 0 Å². The molecule has 1 amide bonds. The molecule has 2 aliphatic heterocycles. The van der Waals surface area contributed by atoms with E-state index in [1.54, 1.807) is 0 Å². The van der Waals surface area contributed by atoms with E-state index in [0.717, 1.165) is 44.2 Å². The van der Waals surface area contributed by atoms with E-state index in [1.807, 2.05) is 29.2 Å². The van der Waals surface area contributed by atoms with Gasteiger partial charge in [-0.25, -0.2) is 0 Å². The maximum atomic E-state index is 12.3. The molecule has 0 saturated carbocycles. The maximum Gasteiger partial charge on any atom is 0.222 e. The van der Waals surface area contributed by atoms with Gasteiger partial charge in [0.1, 0.15) is 0 Å². The number of piperazine rings is 1. The van der Waals surface area contributed by atoms with Crippen molar-refractivity contribution in [3.63, 3.8) is 0 Å². The summed E-state index contributed by atoms with van der Waals surface area (Å²) in [5.74, 6) is 0.310.